The second kappa shape index (κ2) is 5.34. The first kappa shape index (κ1) is 13.0. The van der Waals surface area contributed by atoms with Gasteiger partial charge in [0.25, 0.3) is 0 Å². The van der Waals surface area contributed by atoms with Crippen molar-refractivity contribution in [1.82, 2.24) is 4.90 Å². The molecule has 0 aliphatic carbocycles. The molecule has 0 aromatic heterocycles. The van der Waals surface area contributed by atoms with Crippen molar-refractivity contribution in [3.63, 3.8) is 0 Å². The minimum atomic E-state index is 0.442. The third-order valence-corrected chi connectivity index (χ3v) is 4.18. The number of rotatable bonds is 6. The zero-order valence-corrected chi connectivity index (χ0v) is 11.3. The van der Waals surface area contributed by atoms with Crippen molar-refractivity contribution >= 4 is 0 Å². The van der Waals surface area contributed by atoms with Gasteiger partial charge < -0.3 is 0 Å². The normalized spacial score (nSPS) is 21.4. The Bertz CT molecular complexity index is 180. The van der Waals surface area contributed by atoms with Crippen LogP contribution in [0.2, 0.25) is 0 Å². The first-order valence-corrected chi connectivity index (χ1v) is 6.76. The molecule has 1 heteroatoms. The molecule has 1 heterocycles. The number of likely N-dealkylation sites (tertiary alicyclic amines) is 1. The minimum Gasteiger partial charge on any atom is -0.298 e. The fourth-order valence-corrected chi connectivity index (χ4v) is 2.83. The zero-order chi connectivity index (χ0) is 11.5. The summed E-state index contributed by atoms with van der Waals surface area (Å²) in [4.78, 5) is 2.67. The van der Waals surface area contributed by atoms with E-state index in [0.717, 1.165) is 11.8 Å². The van der Waals surface area contributed by atoms with Crippen molar-refractivity contribution in [2.75, 3.05) is 13.1 Å². The largest absolute Gasteiger partial charge is 0.298 e. The second-order valence-corrected chi connectivity index (χ2v) is 5.99. The lowest BCUT2D eigenvalue weighted by molar-refractivity contribution is -0.0240. The Labute approximate surface area is 96.2 Å². The molecule has 1 rings (SSSR count). The Morgan fingerprint density at radius 3 is 2.27 bits per heavy atom. The van der Waals surface area contributed by atoms with Gasteiger partial charge in [-0.05, 0) is 32.1 Å². The van der Waals surface area contributed by atoms with Crippen LogP contribution in [0.1, 0.15) is 60.3 Å². The van der Waals surface area contributed by atoms with Crippen molar-refractivity contribution in [3.8, 4) is 0 Å². The van der Waals surface area contributed by atoms with Gasteiger partial charge in [-0.3, -0.25) is 4.90 Å². The van der Waals surface area contributed by atoms with Gasteiger partial charge in [-0.2, -0.15) is 0 Å². The Balaban J connectivity index is 2.30. The molecule has 1 atom stereocenters. The van der Waals surface area contributed by atoms with Gasteiger partial charge in [-0.1, -0.05) is 40.0 Å². The molecule has 15 heavy (non-hydrogen) atoms. The van der Waals surface area contributed by atoms with Crippen LogP contribution in [0.3, 0.4) is 0 Å². The summed E-state index contributed by atoms with van der Waals surface area (Å²) in [6.07, 6.45) is 5.39. The lowest BCUT2D eigenvalue weighted by atomic mass is 9.80. The van der Waals surface area contributed by atoms with Gasteiger partial charge in [0, 0.05) is 18.6 Å². The summed E-state index contributed by atoms with van der Waals surface area (Å²) in [5.41, 5.74) is 0.442. The van der Waals surface area contributed by atoms with E-state index in [1.807, 2.05) is 0 Å². The number of hydrogen-bond acceptors (Lipinski definition) is 1. The van der Waals surface area contributed by atoms with E-state index in [0.29, 0.717) is 5.54 Å². The molecule has 0 saturated carbocycles. The number of hydrogen-bond donors (Lipinski definition) is 0. The van der Waals surface area contributed by atoms with Gasteiger partial charge in [0.15, 0.2) is 0 Å². The maximum Gasteiger partial charge on any atom is 0.0153 e. The molecule has 0 aromatic carbocycles. The molecule has 0 spiro atoms. The lowest BCUT2D eigenvalue weighted by Gasteiger charge is -2.51. The summed E-state index contributed by atoms with van der Waals surface area (Å²) < 4.78 is 0. The summed E-state index contributed by atoms with van der Waals surface area (Å²) in [7, 11) is 0. The standard InChI is InChI=1S/C14H29N/c1-6-8-12(3)13-10-15(11-13)14(4,5)9-7-2/h12-13H,6-11H2,1-5H3. The van der Waals surface area contributed by atoms with E-state index in [1.54, 1.807) is 0 Å². The Kier molecular flexibility index (Phi) is 4.64. The van der Waals surface area contributed by atoms with Crippen molar-refractivity contribution in [1.29, 1.82) is 0 Å². The molecular weight excluding hydrogens is 182 g/mol. The predicted octanol–water partition coefficient (Wildman–Crippen LogP) is 3.93. The first-order valence-electron chi connectivity index (χ1n) is 6.76. The molecule has 0 amide bonds. The van der Waals surface area contributed by atoms with Gasteiger partial charge in [-0.25, -0.2) is 0 Å². The highest BCUT2D eigenvalue weighted by Crippen LogP contribution is 2.34. The zero-order valence-electron chi connectivity index (χ0n) is 11.3. The van der Waals surface area contributed by atoms with Gasteiger partial charge >= 0.3 is 0 Å². The van der Waals surface area contributed by atoms with Crippen LogP contribution in [0.15, 0.2) is 0 Å². The van der Waals surface area contributed by atoms with E-state index in [4.69, 9.17) is 0 Å². The fraction of sp³-hybridized carbons (Fsp3) is 1.00. The molecule has 1 aliphatic rings. The smallest absolute Gasteiger partial charge is 0.0153 e. The maximum atomic E-state index is 2.67. The molecule has 1 saturated heterocycles. The Morgan fingerprint density at radius 1 is 1.20 bits per heavy atom. The van der Waals surface area contributed by atoms with Crippen molar-refractivity contribution in [2.24, 2.45) is 11.8 Å². The van der Waals surface area contributed by atoms with Crippen LogP contribution in [0.25, 0.3) is 0 Å². The van der Waals surface area contributed by atoms with Crippen LogP contribution >= 0.6 is 0 Å². The molecule has 1 aliphatic heterocycles. The molecule has 0 N–H and O–H groups in total. The molecule has 0 aromatic rings. The topological polar surface area (TPSA) is 3.24 Å². The van der Waals surface area contributed by atoms with Gasteiger partial charge in [0.1, 0.15) is 0 Å². The van der Waals surface area contributed by atoms with Gasteiger partial charge in [-0.15, -0.1) is 0 Å². The fourth-order valence-electron chi connectivity index (χ4n) is 2.83. The van der Waals surface area contributed by atoms with Crippen LogP contribution in [-0.4, -0.2) is 23.5 Å². The second-order valence-electron chi connectivity index (χ2n) is 5.99. The number of nitrogens with zero attached hydrogens (tertiary/aromatic N) is 1. The summed E-state index contributed by atoms with van der Waals surface area (Å²) in [6, 6.07) is 0. The van der Waals surface area contributed by atoms with E-state index in [9.17, 15) is 0 Å². The highest BCUT2D eigenvalue weighted by Gasteiger charge is 2.38. The van der Waals surface area contributed by atoms with E-state index in [-0.39, 0.29) is 0 Å². The third kappa shape index (κ3) is 3.21. The first-order chi connectivity index (χ1) is 7.01. The average Bonchev–Trinajstić information content (AvgIpc) is 2.00. The predicted molar refractivity (Wildman–Crippen MR) is 68.1 cm³/mol. The SMILES string of the molecule is CCCC(C)C1CN(C(C)(C)CCC)C1. The highest BCUT2D eigenvalue weighted by molar-refractivity contribution is 4.92. The van der Waals surface area contributed by atoms with E-state index in [1.165, 1.54) is 38.8 Å². The van der Waals surface area contributed by atoms with Crippen molar-refractivity contribution < 1.29 is 0 Å². The van der Waals surface area contributed by atoms with Gasteiger partial charge in [0.2, 0.25) is 0 Å². The molecular formula is C14H29N. The van der Waals surface area contributed by atoms with Gasteiger partial charge in [0.05, 0.1) is 0 Å². The van der Waals surface area contributed by atoms with Crippen molar-refractivity contribution in [2.45, 2.75) is 65.8 Å². The molecule has 1 unspecified atom stereocenters. The summed E-state index contributed by atoms with van der Waals surface area (Å²) in [5.74, 6) is 1.91. The molecule has 90 valence electrons. The molecule has 0 radical (unpaired) electrons. The maximum absolute atomic E-state index is 2.67. The quantitative estimate of drug-likeness (QED) is 0.643. The summed E-state index contributed by atoms with van der Waals surface area (Å²) in [6.45, 7) is 14.5. The summed E-state index contributed by atoms with van der Waals surface area (Å²) in [5, 5.41) is 0. The van der Waals surface area contributed by atoms with E-state index in [2.05, 4.69) is 39.5 Å². The summed E-state index contributed by atoms with van der Waals surface area (Å²) >= 11 is 0. The minimum absolute atomic E-state index is 0.442. The van der Waals surface area contributed by atoms with Crippen LogP contribution in [-0.2, 0) is 0 Å². The Hall–Kier alpha value is -0.0400. The van der Waals surface area contributed by atoms with E-state index >= 15 is 0 Å². The molecule has 1 nitrogen and oxygen atoms in total. The molecule has 1 fully saturated rings. The van der Waals surface area contributed by atoms with Crippen LogP contribution in [0.5, 0.6) is 0 Å². The van der Waals surface area contributed by atoms with Crippen LogP contribution in [0.4, 0.5) is 0 Å². The highest BCUT2D eigenvalue weighted by atomic mass is 15.2. The van der Waals surface area contributed by atoms with E-state index < -0.39 is 0 Å². The third-order valence-electron chi connectivity index (χ3n) is 4.18. The van der Waals surface area contributed by atoms with Crippen molar-refractivity contribution in [3.05, 3.63) is 0 Å². The monoisotopic (exact) mass is 211 g/mol. The van der Waals surface area contributed by atoms with Crippen LogP contribution < -0.4 is 0 Å². The lowest BCUT2D eigenvalue weighted by Crippen LogP contribution is -2.58. The molecule has 0 bridgehead atoms. The van der Waals surface area contributed by atoms with Crippen LogP contribution in [0, 0.1) is 11.8 Å². The Morgan fingerprint density at radius 2 is 1.80 bits per heavy atom. The average molecular weight is 211 g/mol.